The van der Waals surface area contributed by atoms with E-state index in [0.717, 1.165) is 0 Å². The highest BCUT2D eigenvalue weighted by Crippen LogP contribution is 2.32. The molecule has 0 aromatic carbocycles. The molecule has 14 heavy (non-hydrogen) atoms. The molecule has 1 rings (SSSR count). The van der Waals surface area contributed by atoms with Gasteiger partial charge in [-0.15, -0.1) is 0 Å². The quantitative estimate of drug-likeness (QED) is 0.670. The second-order valence-corrected chi connectivity index (χ2v) is 4.24. The first-order chi connectivity index (χ1) is 6.41. The van der Waals surface area contributed by atoms with Crippen molar-refractivity contribution in [2.24, 2.45) is 5.92 Å². The molecular formula is C9H20F2NOP. The maximum atomic E-state index is 12.7. The minimum absolute atomic E-state index is 0.267. The monoisotopic (exact) mass is 227 g/mol. The van der Waals surface area contributed by atoms with E-state index in [-0.39, 0.29) is 5.92 Å². The van der Waals surface area contributed by atoms with Crippen LogP contribution in [0.2, 0.25) is 0 Å². The van der Waals surface area contributed by atoms with Gasteiger partial charge in [-0.25, -0.2) is 8.78 Å². The second-order valence-electron chi connectivity index (χ2n) is 3.47. The highest BCUT2D eigenvalue weighted by Gasteiger charge is 2.41. The van der Waals surface area contributed by atoms with Gasteiger partial charge in [-0.3, -0.25) is 0 Å². The molecule has 0 aromatic heterocycles. The summed E-state index contributed by atoms with van der Waals surface area (Å²) in [6.07, 6.45) is -0.497. The minimum Gasteiger partial charge on any atom is -0.391 e. The number of aliphatic hydroxyl groups excluding tert-OH is 1. The van der Waals surface area contributed by atoms with E-state index in [4.69, 9.17) is 0 Å². The van der Waals surface area contributed by atoms with Gasteiger partial charge < -0.3 is 10.4 Å². The van der Waals surface area contributed by atoms with Gasteiger partial charge in [0.2, 0.25) is 0 Å². The standard InChI is InChI=1S/C7H14F2NOP.C2H6/c1-4-2-5(11)6(10-3-4)7(8,9)12;1-2/h4-6,10-11H,2-3,12H2,1H3;1-2H3. The molecule has 1 aliphatic rings. The molecule has 1 heterocycles. The molecule has 1 saturated heterocycles. The highest BCUT2D eigenvalue weighted by molar-refractivity contribution is 7.18. The number of aliphatic hydroxyl groups is 1. The molecule has 1 fully saturated rings. The van der Waals surface area contributed by atoms with Gasteiger partial charge in [0.05, 0.1) is 6.10 Å². The molecular weight excluding hydrogens is 207 g/mol. The van der Waals surface area contributed by atoms with Crippen LogP contribution >= 0.6 is 9.24 Å². The Hall–Kier alpha value is 0.210. The lowest BCUT2D eigenvalue weighted by Crippen LogP contribution is -2.55. The fraction of sp³-hybridized carbons (Fsp3) is 1.00. The number of hydrogen-bond acceptors (Lipinski definition) is 2. The lowest BCUT2D eigenvalue weighted by molar-refractivity contribution is -0.0321. The third-order valence-electron chi connectivity index (χ3n) is 2.13. The van der Waals surface area contributed by atoms with Crippen LogP contribution in [0.5, 0.6) is 0 Å². The molecule has 0 amide bonds. The molecule has 0 bridgehead atoms. The number of rotatable bonds is 1. The first kappa shape index (κ1) is 14.2. The molecule has 1 aliphatic heterocycles. The van der Waals surface area contributed by atoms with Gasteiger partial charge in [0.1, 0.15) is 6.04 Å². The molecule has 0 aliphatic carbocycles. The third-order valence-corrected chi connectivity index (χ3v) is 2.49. The number of hydrogen-bond donors (Lipinski definition) is 2. The first-order valence-corrected chi connectivity index (χ1v) is 5.57. The zero-order valence-corrected chi connectivity index (χ0v) is 10.1. The predicted molar refractivity (Wildman–Crippen MR) is 57.6 cm³/mol. The van der Waals surface area contributed by atoms with Gasteiger partial charge in [-0.1, -0.05) is 30.0 Å². The second kappa shape index (κ2) is 5.94. The molecule has 86 valence electrons. The van der Waals surface area contributed by atoms with Crippen LogP contribution in [0.15, 0.2) is 0 Å². The van der Waals surface area contributed by atoms with Gasteiger partial charge in [0.25, 0.3) is 5.66 Å². The van der Waals surface area contributed by atoms with Gasteiger partial charge in [0.15, 0.2) is 0 Å². The topological polar surface area (TPSA) is 32.3 Å². The molecule has 0 saturated carbocycles. The van der Waals surface area contributed by atoms with Gasteiger partial charge in [-0.2, -0.15) is 0 Å². The van der Waals surface area contributed by atoms with Crippen LogP contribution in [0.3, 0.4) is 0 Å². The Morgan fingerprint density at radius 2 is 1.93 bits per heavy atom. The summed E-state index contributed by atoms with van der Waals surface area (Å²) in [7, 11) is 1.46. The number of nitrogens with one attached hydrogen (secondary N) is 1. The lowest BCUT2D eigenvalue weighted by Gasteiger charge is -2.35. The molecule has 4 atom stereocenters. The van der Waals surface area contributed by atoms with Gasteiger partial charge >= 0.3 is 0 Å². The Labute approximate surface area is 86.7 Å². The van der Waals surface area contributed by atoms with Crippen LogP contribution in [0.25, 0.3) is 0 Å². The lowest BCUT2D eigenvalue weighted by atomic mass is 9.94. The van der Waals surface area contributed by atoms with Crippen molar-refractivity contribution in [1.29, 1.82) is 0 Å². The molecule has 2 nitrogen and oxygen atoms in total. The zero-order chi connectivity index (χ0) is 11.4. The van der Waals surface area contributed by atoms with Crippen LogP contribution in [-0.4, -0.2) is 29.5 Å². The first-order valence-electron chi connectivity index (χ1n) is 4.99. The number of alkyl halides is 2. The Balaban J connectivity index is 0.000000791. The van der Waals surface area contributed by atoms with E-state index in [1.807, 2.05) is 20.8 Å². The summed E-state index contributed by atoms with van der Waals surface area (Å²) in [5, 5.41) is 12.0. The van der Waals surface area contributed by atoms with Crippen molar-refractivity contribution in [3.05, 3.63) is 0 Å². The minimum atomic E-state index is -2.92. The van der Waals surface area contributed by atoms with Crippen molar-refractivity contribution in [3.63, 3.8) is 0 Å². The van der Waals surface area contributed by atoms with Gasteiger partial charge in [-0.05, 0) is 18.9 Å². The number of halogens is 2. The van der Waals surface area contributed by atoms with Crippen LogP contribution in [-0.2, 0) is 0 Å². The van der Waals surface area contributed by atoms with E-state index in [0.29, 0.717) is 13.0 Å². The maximum Gasteiger partial charge on any atom is 0.276 e. The fourth-order valence-corrected chi connectivity index (χ4v) is 1.83. The molecule has 0 radical (unpaired) electrons. The smallest absolute Gasteiger partial charge is 0.276 e. The van der Waals surface area contributed by atoms with E-state index < -0.39 is 17.8 Å². The van der Waals surface area contributed by atoms with E-state index in [2.05, 4.69) is 5.32 Å². The SMILES string of the molecule is CC.CC1CNC(C(F)(F)P)C(O)C1. The van der Waals surface area contributed by atoms with E-state index >= 15 is 0 Å². The van der Waals surface area contributed by atoms with Crippen molar-refractivity contribution in [2.45, 2.75) is 45.0 Å². The average molecular weight is 227 g/mol. The summed E-state index contributed by atoms with van der Waals surface area (Å²) in [6.45, 7) is 6.47. The van der Waals surface area contributed by atoms with Crippen molar-refractivity contribution in [2.75, 3.05) is 6.54 Å². The average Bonchev–Trinajstić information content (AvgIpc) is 2.05. The molecule has 0 spiro atoms. The Morgan fingerprint density at radius 1 is 1.43 bits per heavy atom. The summed E-state index contributed by atoms with van der Waals surface area (Å²) in [6, 6.07) is -1.11. The van der Waals surface area contributed by atoms with E-state index in [1.54, 1.807) is 0 Å². The summed E-state index contributed by atoms with van der Waals surface area (Å²) >= 11 is 0. The highest BCUT2D eigenvalue weighted by atomic mass is 31.0. The zero-order valence-electron chi connectivity index (χ0n) is 8.93. The van der Waals surface area contributed by atoms with Crippen LogP contribution in [0, 0.1) is 5.92 Å². The molecule has 5 heteroatoms. The third kappa shape index (κ3) is 4.16. The largest absolute Gasteiger partial charge is 0.391 e. The van der Waals surface area contributed by atoms with E-state index in [1.165, 1.54) is 9.24 Å². The summed E-state index contributed by atoms with van der Waals surface area (Å²) in [4.78, 5) is 0. The Morgan fingerprint density at radius 3 is 2.29 bits per heavy atom. The Bertz CT molecular complexity index is 163. The normalized spacial score (nSPS) is 33.2. The predicted octanol–water partition coefficient (Wildman–Crippen LogP) is 1.84. The molecule has 2 N–H and O–H groups in total. The van der Waals surface area contributed by atoms with Crippen molar-refractivity contribution >= 4 is 9.24 Å². The van der Waals surface area contributed by atoms with Gasteiger partial charge in [0, 0.05) is 0 Å². The fourth-order valence-electron chi connectivity index (χ4n) is 1.49. The molecule has 0 aromatic rings. The van der Waals surface area contributed by atoms with Crippen LogP contribution < -0.4 is 5.32 Å². The van der Waals surface area contributed by atoms with Crippen molar-refractivity contribution in [1.82, 2.24) is 5.32 Å². The Kier molecular flexibility index (Phi) is 6.03. The molecule has 4 unspecified atom stereocenters. The van der Waals surface area contributed by atoms with Crippen LogP contribution in [0.4, 0.5) is 8.78 Å². The summed E-state index contributed by atoms with van der Waals surface area (Å²) < 4.78 is 25.5. The maximum absolute atomic E-state index is 12.7. The van der Waals surface area contributed by atoms with E-state index in [9.17, 15) is 13.9 Å². The van der Waals surface area contributed by atoms with Crippen LogP contribution in [0.1, 0.15) is 27.2 Å². The van der Waals surface area contributed by atoms with Crippen molar-refractivity contribution < 1.29 is 13.9 Å². The summed E-state index contributed by atoms with van der Waals surface area (Å²) in [5.74, 6) is 0.267. The number of piperidine rings is 1. The van der Waals surface area contributed by atoms with Crippen molar-refractivity contribution in [3.8, 4) is 0 Å². The summed E-state index contributed by atoms with van der Waals surface area (Å²) in [5.41, 5.74) is -2.92.